The number of carbonyl (C=O) groups excluding carboxylic acids is 1. The van der Waals surface area contributed by atoms with Gasteiger partial charge in [0.1, 0.15) is 5.75 Å². The van der Waals surface area contributed by atoms with Crippen LogP contribution in [-0.2, 0) is 15.6 Å². The number of benzene rings is 2. The van der Waals surface area contributed by atoms with Crippen LogP contribution in [0, 0.1) is 0 Å². The molecule has 0 radical (unpaired) electrons. The van der Waals surface area contributed by atoms with Gasteiger partial charge < -0.3 is 14.5 Å². The van der Waals surface area contributed by atoms with E-state index in [0.29, 0.717) is 30.8 Å². The first kappa shape index (κ1) is 20.2. The molecule has 7 heteroatoms. The average molecular weight is 403 g/mol. The molecule has 0 atom stereocenters. The molecule has 1 amide bonds. The van der Waals surface area contributed by atoms with E-state index in [4.69, 9.17) is 4.74 Å². The molecule has 1 aliphatic rings. The van der Waals surface area contributed by atoms with E-state index in [2.05, 4.69) is 4.90 Å². The fourth-order valence-corrected chi connectivity index (χ4v) is 4.17. The monoisotopic (exact) mass is 402 g/mol. The largest absolute Gasteiger partial charge is 0.492 e. The lowest BCUT2D eigenvalue weighted by Crippen LogP contribution is -2.48. The van der Waals surface area contributed by atoms with Crippen LogP contribution in [-0.4, -0.2) is 58.3 Å². The van der Waals surface area contributed by atoms with Gasteiger partial charge in [-0.25, -0.2) is 8.42 Å². The van der Waals surface area contributed by atoms with E-state index in [1.54, 1.807) is 24.3 Å². The standard InChI is InChI=1S/C21H26N2O4S/c1-3-27-20-7-5-4-6-19(20)22-12-14-23(15-13-22)21(24)18-10-8-17(9-11-18)16-28(2,25)26/h4-11H,3,12-16H2,1-2H3. The van der Waals surface area contributed by atoms with Crippen molar-refractivity contribution in [3.8, 4) is 5.75 Å². The summed E-state index contributed by atoms with van der Waals surface area (Å²) in [6, 6.07) is 14.8. The Morgan fingerprint density at radius 3 is 2.25 bits per heavy atom. The molecule has 0 saturated carbocycles. The smallest absolute Gasteiger partial charge is 0.253 e. The minimum atomic E-state index is -3.08. The molecule has 6 nitrogen and oxygen atoms in total. The molecule has 2 aromatic rings. The summed E-state index contributed by atoms with van der Waals surface area (Å²) < 4.78 is 28.5. The molecular weight excluding hydrogens is 376 g/mol. The van der Waals surface area contributed by atoms with Crippen molar-refractivity contribution in [1.82, 2.24) is 4.90 Å². The molecule has 28 heavy (non-hydrogen) atoms. The van der Waals surface area contributed by atoms with Gasteiger partial charge in [-0.3, -0.25) is 4.79 Å². The molecule has 2 aromatic carbocycles. The van der Waals surface area contributed by atoms with E-state index in [1.807, 2.05) is 36.1 Å². The lowest BCUT2D eigenvalue weighted by molar-refractivity contribution is 0.0746. The number of nitrogens with zero attached hydrogens (tertiary/aromatic N) is 2. The highest BCUT2D eigenvalue weighted by Crippen LogP contribution is 2.29. The van der Waals surface area contributed by atoms with Crippen LogP contribution in [0.15, 0.2) is 48.5 Å². The summed E-state index contributed by atoms with van der Waals surface area (Å²) in [4.78, 5) is 16.9. The molecule has 1 saturated heterocycles. The van der Waals surface area contributed by atoms with Crippen molar-refractivity contribution in [2.24, 2.45) is 0 Å². The summed E-state index contributed by atoms with van der Waals surface area (Å²) >= 11 is 0. The molecule has 0 N–H and O–H groups in total. The van der Waals surface area contributed by atoms with Gasteiger partial charge >= 0.3 is 0 Å². The fraction of sp³-hybridized carbons (Fsp3) is 0.381. The topological polar surface area (TPSA) is 66.9 Å². The summed E-state index contributed by atoms with van der Waals surface area (Å²) in [6.07, 6.45) is 1.20. The van der Waals surface area contributed by atoms with Crippen molar-refractivity contribution < 1.29 is 17.9 Å². The first-order valence-electron chi connectivity index (χ1n) is 9.40. The molecule has 0 spiro atoms. The third kappa shape index (κ3) is 5.04. The molecule has 0 bridgehead atoms. The number of hydrogen-bond acceptors (Lipinski definition) is 5. The van der Waals surface area contributed by atoms with Crippen LogP contribution < -0.4 is 9.64 Å². The van der Waals surface area contributed by atoms with Gasteiger partial charge in [0.15, 0.2) is 9.84 Å². The van der Waals surface area contributed by atoms with Crippen molar-refractivity contribution >= 4 is 21.4 Å². The van der Waals surface area contributed by atoms with E-state index in [9.17, 15) is 13.2 Å². The molecule has 0 aromatic heterocycles. The predicted molar refractivity (Wildman–Crippen MR) is 111 cm³/mol. The molecule has 150 valence electrons. The van der Waals surface area contributed by atoms with Crippen LogP contribution in [0.3, 0.4) is 0 Å². The van der Waals surface area contributed by atoms with E-state index < -0.39 is 9.84 Å². The fourth-order valence-electron chi connectivity index (χ4n) is 3.38. The summed E-state index contributed by atoms with van der Waals surface area (Å²) in [5.74, 6) is 0.828. The SMILES string of the molecule is CCOc1ccccc1N1CCN(C(=O)c2ccc(CS(C)(=O)=O)cc2)CC1. The van der Waals surface area contributed by atoms with Crippen molar-refractivity contribution in [2.75, 3.05) is 43.9 Å². The first-order chi connectivity index (χ1) is 13.4. The Labute approximate surface area is 166 Å². The lowest BCUT2D eigenvalue weighted by atomic mass is 10.1. The van der Waals surface area contributed by atoms with Gasteiger partial charge in [0.05, 0.1) is 18.0 Å². The van der Waals surface area contributed by atoms with Crippen LogP contribution in [0.5, 0.6) is 5.75 Å². The summed E-state index contributed by atoms with van der Waals surface area (Å²) in [5, 5.41) is 0. The zero-order valence-electron chi connectivity index (χ0n) is 16.3. The quantitative estimate of drug-likeness (QED) is 0.743. The zero-order chi connectivity index (χ0) is 20.1. The maximum atomic E-state index is 12.8. The maximum absolute atomic E-state index is 12.8. The van der Waals surface area contributed by atoms with Gasteiger partial charge in [-0.2, -0.15) is 0 Å². The Morgan fingerprint density at radius 1 is 1.00 bits per heavy atom. The van der Waals surface area contributed by atoms with Gasteiger partial charge in [-0.1, -0.05) is 24.3 Å². The number of rotatable bonds is 6. The Hall–Kier alpha value is -2.54. The number of ether oxygens (including phenoxy) is 1. The Balaban J connectivity index is 1.62. The number of anilines is 1. The van der Waals surface area contributed by atoms with E-state index in [-0.39, 0.29) is 11.7 Å². The summed E-state index contributed by atoms with van der Waals surface area (Å²) in [7, 11) is -3.08. The van der Waals surface area contributed by atoms with E-state index in [1.165, 1.54) is 6.26 Å². The highest BCUT2D eigenvalue weighted by Gasteiger charge is 2.23. The van der Waals surface area contributed by atoms with Crippen molar-refractivity contribution in [3.05, 3.63) is 59.7 Å². The minimum Gasteiger partial charge on any atom is -0.492 e. The summed E-state index contributed by atoms with van der Waals surface area (Å²) in [6.45, 7) is 5.32. The molecule has 0 unspecified atom stereocenters. The van der Waals surface area contributed by atoms with Crippen molar-refractivity contribution in [3.63, 3.8) is 0 Å². The molecule has 1 heterocycles. The average Bonchev–Trinajstić information content (AvgIpc) is 2.68. The lowest BCUT2D eigenvalue weighted by Gasteiger charge is -2.36. The Bertz CT molecular complexity index is 918. The summed E-state index contributed by atoms with van der Waals surface area (Å²) in [5.41, 5.74) is 2.33. The van der Waals surface area contributed by atoms with Gasteiger partial charge in [0.2, 0.25) is 0 Å². The highest BCUT2D eigenvalue weighted by atomic mass is 32.2. The van der Waals surface area contributed by atoms with Gasteiger partial charge in [0, 0.05) is 38.0 Å². The molecule has 1 aliphatic heterocycles. The number of sulfone groups is 1. The Morgan fingerprint density at radius 2 is 1.64 bits per heavy atom. The molecule has 3 rings (SSSR count). The molecule has 1 fully saturated rings. The van der Waals surface area contributed by atoms with Crippen LogP contribution >= 0.6 is 0 Å². The van der Waals surface area contributed by atoms with E-state index >= 15 is 0 Å². The van der Waals surface area contributed by atoms with Crippen LogP contribution in [0.4, 0.5) is 5.69 Å². The second kappa shape index (κ2) is 8.65. The van der Waals surface area contributed by atoms with Crippen LogP contribution in [0.1, 0.15) is 22.8 Å². The maximum Gasteiger partial charge on any atom is 0.253 e. The minimum absolute atomic E-state index is 0.0145. The number of hydrogen-bond donors (Lipinski definition) is 0. The van der Waals surface area contributed by atoms with Gasteiger partial charge in [-0.15, -0.1) is 0 Å². The number of amides is 1. The van der Waals surface area contributed by atoms with Crippen LogP contribution in [0.2, 0.25) is 0 Å². The second-order valence-electron chi connectivity index (χ2n) is 6.95. The van der Waals surface area contributed by atoms with Crippen molar-refractivity contribution in [2.45, 2.75) is 12.7 Å². The number of piperazine rings is 1. The van der Waals surface area contributed by atoms with E-state index in [0.717, 1.165) is 24.5 Å². The predicted octanol–water partition coefficient (Wildman–Crippen LogP) is 2.59. The number of carbonyl (C=O) groups is 1. The van der Waals surface area contributed by atoms with Gasteiger partial charge in [-0.05, 0) is 36.8 Å². The van der Waals surface area contributed by atoms with Crippen molar-refractivity contribution in [1.29, 1.82) is 0 Å². The second-order valence-corrected chi connectivity index (χ2v) is 9.09. The normalized spacial score (nSPS) is 14.8. The third-order valence-corrected chi connectivity index (χ3v) is 5.56. The number of para-hydroxylation sites is 2. The molecule has 0 aliphatic carbocycles. The highest BCUT2D eigenvalue weighted by molar-refractivity contribution is 7.89. The van der Waals surface area contributed by atoms with Gasteiger partial charge in [0.25, 0.3) is 5.91 Å². The van der Waals surface area contributed by atoms with Crippen LogP contribution in [0.25, 0.3) is 0 Å². The molecular formula is C21H26N2O4S. The first-order valence-corrected chi connectivity index (χ1v) is 11.5. The third-order valence-electron chi connectivity index (χ3n) is 4.70. The zero-order valence-corrected chi connectivity index (χ0v) is 17.1. The Kier molecular flexibility index (Phi) is 6.24.